The zero-order chi connectivity index (χ0) is 26.9. The Hall–Kier alpha value is -3.56. The van der Waals surface area contributed by atoms with Gasteiger partial charge >= 0.3 is 12.1 Å². The summed E-state index contributed by atoms with van der Waals surface area (Å²) in [5.74, 6) is -1.07. The lowest BCUT2D eigenvalue weighted by atomic mass is 10.0. The Morgan fingerprint density at radius 2 is 1.67 bits per heavy atom. The van der Waals surface area contributed by atoms with Crippen LogP contribution < -0.4 is 15.4 Å². The van der Waals surface area contributed by atoms with E-state index in [1.807, 2.05) is 25.3 Å². The molecule has 36 heavy (non-hydrogen) atoms. The van der Waals surface area contributed by atoms with Crippen molar-refractivity contribution in [3.05, 3.63) is 48.5 Å². The molecule has 198 valence electrons. The topological polar surface area (TPSA) is 132 Å². The van der Waals surface area contributed by atoms with Gasteiger partial charge in [0, 0.05) is 25.4 Å². The van der Waals surface area contributed by atoms with E-state index in [1.54, 1.807) is 63.8 Å². The number of imidazole rings is 1. The van der Waals surface area contributed by atoms with Crippen molar-refractivity contribution in [1.29, 1.82) is 0 Å². The van der Waals surface area contributed by atoms with Crippen LogP contribution in [0.5, 0.6) is 5.75 Å². The van der Waals surface area contributed by atoms with Crippen LogP contribution in [0.2, 0.25) is 0 Å². The molecular formula is C26H38N4O6. The first-order chi connectivity index (χ1) is 16.7. The average Bonchev–Trinajstić information content (AvgIpc) is 3.24. The van der Waals surface area contributed by atoms with Crippen molar-refractivity contribution in [1.82, 2.24) is 20.2 Å². The number of hydrogen-bond acceptors (Lipinski definition) is 6. The highest BCUT2D eigenvalue weighted by atomic mass is 16.6. The van der Waals surface area contributed by atoms with Gasteiger partial charge in [-0.1, -0.05) is 12.1 Å². The van der Waals surface area contributed by atoms with Crippen molar-refractivity contribution in [3.8, 4) is 5.75 Å². The molecule has 2 rings (SSSR count). The molecule has 2 aromatic rings. The number of nitrogens with zero attached hydrogens (tertiary/aromatic N) is 2. The van der Waals surface area contributed by atoms with Crippen LogP contribution in [0.25, 0.3) is 0 Å². The van der Waals surface area contributed by atoms with Crippen molar-refractivity contribution >= 4 is 18.0 Å². The normalized spacial score (nSPS) is 13.4. The number of nitrogens with one attached hydrogen (secondary N) is 2. The maximum Gasteiger partial charge on any atom is 0.408 e. The van der Waals surface area contributed by atoms with Gasteiger partial charge in [0.2, 0.25) is 5.91 Å². The summed E-state index contributed by atoms with van der Waals surface area (Å²) in [6, 6.07) is 5.05. The number of benzene rings is 1. The first-order valence-corrected chi connectivity index (χ1v) is 12.0. The van der Waals surface area contributed by atoms with E-state index in [4.69, 9.17) is 9.47 Å². The predicted molar refractivity (Wildman–Crippen MR) is 135 cm³/mol. The maximum atomic E-state index is 13.1. The number of aryl methyl sites for hydroxylation is 1. The zero-order valence-corrected chi connectivity index (χ0v) is 21.9. The SMILES string of the molecule is CC(C)(C)OC(=O)N[C@@H](Cc1ccc(OC(C)(C)C)cc1)C(=O)N[C@H](CCCn1ccnc1)C(=O)O. The predicted octanol–water partition coefficient (Wildman–Crippen LogP) is 3.55. The lowest BCUT2D eigenvalue weighted by molar-refractivity contribution is -0.142. The second-order valence-corrected chi connectivity index (χ2v) is 10.6. The van der Waals surface area contributed by atoms with E-state index in [0.717, 1.165) is 5.56 Å². The van der Waals surface area contributed by atoms with Gasteiger partial charge in [-0.25, -0.2) is 14.6 Å². The molecule has 10 heteroatoms. The molecule has 0 unspecified atom stereocenters. The van der Waals surface area contributed by atoms with Gasteiger partial charge in [0.25, 0.3) is 0 Å². The van der Waals surface area contributed by atoms with Crippen LogP contribution in [0.15, 0.2) is 43.0 Å². The van der Waals surface area contributed by atoms with E-state index < -0.39 is 35.7 Å². The fourth-order valence-corrected chi connectivity index (χ4v) is 3.37. The highest BCUT2D eigenvalue weighted by Gasteiger charge is 2.28. The molecule has 0 bridgehead atoms. The van der Waals surface area contributed by atoms with Gasteiger partial charge < -0.3 is 29.8 Å². The monoisotopic (exact) mass is 502 g/mol. The maximum absolute atomic E-state index is 13.1. The average molecular weight is 503 g/mol. The molecule has 1 aromatic carbocycles. The van der Waals surface area contributed by atoms with Gasteiger partial charge in [0.1, 0.15) is 29.0 Å². The molecule has 0 fully saturated rings. The number of rotatable bonds is 11. The van der Waals surface area contributed by atoms with E-state index in [2.05, 4.69) is 15.6 Å². The van der Waals surface area contributed by atoms with E-state index in [-0.39, 0.29) is 18.4 Å². The molecule has 0 aliphatic carbocycles. The molecule has 2 atom stereocenters. The molecule has 3 N–H and O–H groups in total. The largest absolute Gasteiger partial charge is 0.488 e. The third-order valence-electron chi connectivity index (χ3n) is 4.88. The van der Waals surface area contributed by atoms with E-state index in [9.17, 15) is 19.5 Å². The van der Waals surface area contributed by atoms with Crippen molar-refractivity contribution in [2.75, 3.05) is 0 Å². The zero-order valence-electron chi connectivity index (χ0n) is 21.9. The number of amides is 2. The quantitative estimate of drug-likeness (QED) is 0.428. The molecule has 0 saturated heterocycles. The molecule has 0 aliphatic heterocycles. The highest BCUT2D eigenvalue weighted by molar-refractivity contribution is 5.89. The van der Waals surface area contributed by atoms with Crippen LogP contribution >= 0.6 is 0 Å². The summed E-state index contributed by atoms with van der Waals surface area (Å²) >= 11 is 0. The summed E-state index contributed by atoms with van der Waals surface area (Å²) in [7, 11) is 0. The molecule has 1 aromatic heterocycles. The number of aromatic nitrogens is 2. The summed E-state index contributed by atoms with van der Waals surface area (Å²) in [4.78, 5) is 41.3. The van der Waals surface area contributed by atoms with Crippen LogP contribution in [0.3, 0.4) is 0 Å². The lowest BCUT2D eigenvalue weighted by Gasteiger charge is -2.25. The fourth-order valence-electron chi connectivity index (χ4n) is 3.37. The lowest BCUT2D eigenvalue weighted by Crippen LogP contribution is -2.53. The summed E-state index contributed by atoms with van der Waals surface area (Å²) in [6.45, 7) is 11.6. The molecule has 10 nitrogen and oxygen atoms in total. The minimum absolute atomic E-state index is 0.141. The first-order valence-electron chi connectivity index (χ1n) is 12.0. The molecule has 0 spiro atoms. The summed E-state index contributed by atoms with van der Waals surface area (Å²) < 4.78 is 13.0. The first kappa shape index (κ1) is 28.7. The number of carboxylic acid groups (broad SMARTS) is 1. The molecule has 0 aliphatic rings. The molecule has 0 radical (unpaired) electrons. The van der Waals surface area contributed by atoms with Crippen LogP contribution in [0.4, 0.5) is 4.79 Å². The van der Waals surface area contributed by atoms with Gasteiger partial charge in [0.05, 0.1) is 6.33 Å². The van der Waals surface area contributed by atoms with Crippen LogP contribution in [-0.2, 0) is 27.3 Å². The smallest absolute Gasteiger partial charge is 0.408 e. The van der Waals surface area contributed by atoms with Gasteiger partial charge in [-0.2, -0.15) is 0 Å². The molecule has 2 amide bonds. The third-order valence-corrected chi connectivity index (χ3v) is 4.88. The number of carbonyl (C=O) groups excluding carboxylic acids is 2. The minimum Gasteiger partial charge on any atom is -0.488 e. The van der Waals surface area contributed by atoms with Gasteiger partial charge in [-0.15, -0.1) is 0 Å². The number of aliphatic carboxylic acids is 1. The van der Waals surface area contributed by atoms with Crippen molar-refractivity contribution < 1.29 is 29.0 Å². The van der Waals surface area contributed by atoms with Crippen molar-refractivity contribution in [2.45, 2.75) is 90.6 Å². The Bertz CT molecular complexity index is 991. The van der Waals surface area contributed by atoms with E-state index in [0.29, 0.717) is 18.7 Å². The second-order valence-electron chi connectivity index (χ2n) is 10.6. The highest BCUT2D eigenvalue weighted by Crippen LogP contribution is 2.19. The minimum atomic E-state index is -1.14. The Kier molecular flexibility index (Phi) is 9.89. The van der Waals surface area contributed by atoms with Crippen LogP contribution in [0.1, 0.15) is 59.9 Å². The standard InChI is InChI=1S/C26H38N4O6/c1-25(2,3)35-19-11-9-18(10-12-19)16-21(29-24(34)36-26(4,5)6)22(31)28-20(23(32)33)8-7-14-30-15-13-27-17-30/h9-13,15,17,20-21H,7-8,14,16H2,1-6H3,(H,28,31)(H,29,34)(H,32,33)/t20-,21+/m1/s1. The third kappa shape index (κ3) is 10.8. The Morgan fingerprint density at radius 1 is 1.00 bits per heavy atom. The summed E-state index contributed by atoms with van der Waals surface area (Å²) in [5.41, 5.74) is -0.348. The van der Waals surface area contributed by atoms with E-state index in [1.165, 1.54) is 0 Å². The number of carbonyl (C=O) groups is 3. The number of ether oxygens (including phenoxy) is 2. The van der Waals surface area contributed by atoms with Crippen LogP contribution in [-0.4, -0.2) is 55.9 Å². The number of alkyl carbamates (subject to hydrolysis) is 1. The Labute approximate surface area is 212 Å². The Balaban J connectivity index is 2.10. The number of carboxylic acids is 1. The summed E-state index contributed by atoms with van der Waals surface area (Å²) in [6.07, 6.45) is 5.19. The van der Waals surface area contributed by atoms with Gasteiger partial charge in [-0.3, -0.25) is 4.79 Å². The van der Waals surface area contributed by atoms with Crippen molar-refractivity contribution in [3.63, 3.8) is 0 Å². The molecule has 1 heterocycles. The molecule has 0 saturated carbocycles. The molecular weight excluding hydrogens is 464 g/mol. The second kappa shape index (κ2) is 12.4. The van der Waals surface area contributed by atoms with E-state index >= 15 is 0 Å². The van der Waals surface area contributed by atoms with Gasteiger partial charge in [0.15, 0.2) is 0 Å². The van der Waals surface area contributed by atoms with Gasteiger partial charge in [-0.05, 0) is 72.1 Å². The van der Waals surface area contributed by atoms with Crippen LogP contribution in [0, 0.1) is 0 Å². The summed E-state index contributed by atoms with van der Waals surface area (Å²) in [5, 5.41) is 14.8. The Morgan fingerprint density at radius 3 is 2.19 bits per heavy atom. The number of hydrogen-bond donors (Lipinski definition) is 3. The fraction of sp³-hybridized carbons (Fsp3) is 0.538. The van der Waals surface area contributed by atoms with Crippen molar-refractivity contribution in [2.24, 2.45) is 0 Å².